The lowest BCUT2D eigenvalue weighted by Gasteiger charge is -2.13. The third-order valence-electron chi connectivity index (χ3n) is 3.81. The third-order valence-corrected chi connectivity index (χ3v) is 4.94. The summed E-state index contributed by atoms with van der Waals surface area (Å²) in [5.74, 6) is 0.791. The normalized spacial score (nSPS) is 16.1. The molecule has 1 aliphatic rings. The van der Waals surface area contributed by atoms with E-state index in [-0.39, 0.29) is 17.0 Å². The first kappa shape index (κ1) is 16.3. The van der Waals surface area contributed by atoms with Gasteiger partial charge in [0.25, 0.3) is 0 Å². The molecule has 0 fully saturated rings. The Labute approximate surface area is 140 Å². The van der Waals surface area contributed by atoms with Gasteiger partial charge in [0.15, 0.2) is 9.84 Å². The number of amides is 2. The largest absolute Gasteiger partial charge is 0.491 e. The molecule has 0 saturated heterocycles. The van der Waals surface area contributed by atoms with Crippen LogP contribution >= 0.6 is 0 Å². The third kappa shape index (κ3) is 3.68. The number of carbonyl (C=O) groups excluding carboxylic acids is 1. The predicted molar refractivity (Wildman–Crippen MR) is 89.6 cm³/mol. The lowest BCUT2D eigenvalue weighted by atomic mass is 10.1. The molecule has 2 aromatic carbocycles. The summed E-state index contributed by atoms with van der Waals surface area (Å²) in [6.45, 7) is 0.723. The summed E-state index contributed by atoms with van der Waals surface area (Å²) in [7, 11) is -3.21. The lowest BCUT2D eigenvalue weighted by molar-refractivity contribution is 0.231. The SMILES string of the molecule is CS(=O)(=O)c1ccc(CNC(=O)N[C@H]2COc3ccccc32)cc1. The van der Waals surface area contributed by atoms with Crippen molar-refractivity contribution in [2.45, 2.75) is 17.5 Å². The molecule has 2 aromatic rings. The number of hydrogen-bond acceptors (Lipinski definition) is 4. The van der Waals surface area contributed by atoms with Crippen molar-refractivity contribution < 1.29 is 17.9 Å². The molecule has 1 atom stereocenters. The van der Waals surface area contributed by atoms with Gasteiger partial charge in [0.05, 0.1) is 10.9 Å². The van der Waals surface area contributed by atoms with Gasteiger partial charge >= 0.3 is 6.03 Å². The van der Waals surface area contributed by atoms with Gasteiger partial charge in [0.2, 0.25) is 0 Å². The van der Waals surface area contributed by atoms with Crippen LogP contribution in [0.4, 0.5) is 4.79 Å². The standard InChI is InChI=1S/C17H18N2O4S/c1-24(21,22)13-8-6-12(7-9-13)10-18-17(20)19-15-11-23-16-5-3-2-4-14(15)16/h2-9,15H,10-11H2,1H3,(H2,18,19,20)/t15-/m0/s1. The molecule has 0 bridgehead atoms. The molecule has 7 heteroatoms. The summed E-state index contributed by atoms with van der Waals surface area (Å²) in [5.41, 5.74) is 1.78. The van der Waals surface area contributed by atoms with Gasteiger partial charge in [0, 0.05) is 18.4 Å². The predicted octanol–water partition coefficient (Wildman–Crippen LogP) is 2.02. The highest BCUT2D eigenvalue weighted by Gasteiger charge is 2.24. The van der Waals surface area contributed by atoms with E-state index in [4.69, 9.17) is 4.74 Å². The van der Waals surface area contributed by atoms with E-state index in [1.165, 1.54) is 12.1 Å². The number of urea groups is 1. The fourth-order valence-electron chi connectivity index (χ4n) is 2.53. The minimum absolute atomic E-state index is 0.172. The van der Waals surface area contributed by atoms with E-state index < -0.39 is 9.84 Å². The van der Waals surface area contributed by atoms with Crippen molar-refractivity contribution in [2.24, 2.45) is 0 Å². The van der Waals surface area contributed by atoms with Gasteiger partial charge < -0.3 is 15.4 Å². The topological polar surface area (TPSA) is 84.5 Å². The van der Waals surface area contributed by atoms with Crippen LogP contribution in [0.5, 0.6) is 5.75 Å². The monoisotopic (exact) mass is 346 g/mol. The second-order valence-corrected chi connectivity index (χ2v) is 7.66. The van der Waals surface area contributed by atoms with E-state index in [0.717, 1.165) is 23.1 Å². The molecule has 24 heavy (non-hydrogen) atoms. The lowest BCUT2D eigenvalue weighted by Crippen LogP contribution is -2.38. The summed E-state index contributed by atoms with van der Waals surface area (Å²) < 4.78 is 28.3. The number of nitrogens with one attached hydrogen (secondary N) is 2. The maximum Gasteiger partial charge on any atom is 0.315 e. The first-order valence-electron chi connectivity index (χ1n) is 7.48. The Morgan fingerprint density at radius 2 is 1.88 bits per heavy atom. The summed E-state index contributed by atoms with van der Waals surface area (Å²) in [6.07, 6.45) is 1.16. The molecular formula is C17H18N2O4S. The Hall–Kier alpha value is -2.54. The molecule has 3 rings (SSSR count). The molecule has 6 nitrogen and oxygen atoms in total. The minimum Gasteiger partial charge on any atom is -0.491 e. The van der Waals surface area contributed by atoms with Gasteiger partial charge in [-0.05, 0) is 23.8 Å². The number of rotatable bonds is 4. The smallest absolute Gasteiger partial charge is 0.315 e. The van der Waals surface area contributed by atoms with Gasteiger partial charge in [-0.25, -0.2) is 13.2 Å². The van der Waals surface area contributed by atoms with Crippen molar-refractivity contribution in [1.29, 1.82) is 0 Å². The zero-order chi connectivity index (χ0) is 17.2. The molecule has 126 valence electrons. The van der Waals surface area contributed by atoms with E-state index >= 15 is 0 Å². The molecule has 2 N–H and O–H groups in total. The first-order valence-corrected chi connectivity index (χ1v) is 9.38. The molecule has 0 aromatic heterocycles. The molecule has 1 heterocycles. The summed E-state index contributed by atoms with van der Waals surface area (Å²) >= 11 is 0. The summed E-state index contributed by atoms with van der Waals surface area (Å²) in [6, 6.07) is 13.6. The number of hydrogen-bond donors (Lipinski definition) is 2. The molecule has 0 spiro atoms. The van der Waals surface area contributed by atoms with Gasteiger partial charge in [-0.2, -0.15) is 0 Å². The number of para-hydroxylation sites is 1. The number of ether oxygens (including phenoxy) is 1. The highest BCUT2D eigenvalue weighted by molar-refractivity contribution is 7.90. The van der Waals surface area contributed by atoms with Gasteiger partial charge in [0.1, 0.15) is 12.4 Å². The van der Waals surface area contributed by atoms with Crippen LogP contribution < -0.4 is 15.4 Å². The van der Waals surface area contributed by atoms with Gasteiger partial charge in [-0.1, -0.05) is 30.3 Å². The van der Waals surface area contributed by atoms with Crippen molar-refractivity contribution in [3.05, 3.63) is 59.7 Å². The minimum atomic E-state index is -3.21. The van der Waals surface area contributed by atoms with E-state index in [0.29, 0.717) is 13.2 Å². The van der Waals surface area contributed by atoms with E-state index in [1.807, 2.05) is 24.3 Å². The van der Waals surface area contributed by atoms with Crippen molar-refractivity contribution >= 4 is 15.9 Å². The van der Waals surface area contributed by atoms with Crippen LogP contribution in [0.2, 0.25) is 0 Å². The average molecular weight is 346 g/mol. The van der Waals surface area contributed by atoms with E-state index in [2.05, 4.69) is 10.6 Å². The van der Waals surface area contributed by atoms with Crippen LogP contribution in [0.25, 0.3) is 0 Å². The fourth-order valence-corrected chi connectivity index (χ4v) is 3.16. The number of sulfone groups is 1. The van der Waals surface area contributed by atoms with Crippen LogP contribution in [0, 0.1) is 0 Å². The Kier molecular flexibility index (Phi) is 4.44. The molecule has 0 saturated carbocycles. The van der Waals surface area contributed by atoms with Crippen LogP contribution in [0.1, 0.15) is 17.2 Å². The van der Waals surface area contributed by atoms with Crippen LogP contribution in [-0.4, -0.2) is 27.3 Å². The highest BCUT2D eigenvalue weighted by atomic mass is 32.2. The van der Waals surface area contributed by atoms with E-state index in [1.54, 1.807) is 12.1 Å². The Morgan fingerprint density at radius 3 is 2.58 bits per heavy atom. The highest BCUT2D eigenvalue weighted by Crippen LogP contribution is 2.31. The van der Waals surface area contributed by atoms with Crippen molar-refractivity contribution in [3.8, 4) is 5.75 Å². The van der Waals surface area contributed by atoms with Crippen LogP contribution in [-0.2, 0) is 16.4 Å². The zero-order valence-corrected chi connectivity index (χ0v) is 14.0. The average Bonchev–Trinajstić information content (AvgIpc) is 2.96. The van der Waals surface area contributed by atoms with Crippen molar-refractivity contribution in [1.82, 2.24) is 10.6 Å². The quantitative estimate of drug-likeness (QED) is 0.887. The first-order chi connectivity index (χ1) is 11.4. The van der Waals surface area contributed by atoms with Gasteiger partial charge in [-0.15, -0.1) is 0 Å². The Morgan fingerprint density at radius 1 is 1.17 bits per heavy atom. The molecule has 0 unspecified atom stereocenters. The number of benzene rings is 2. The number of fused-ring (bicyclic) bond motifs is 1. The maximum absolute atomic E-state index is 12.0. The second-order valence-electron chi connectivity index (χ2n) is 5.64. The maximum atomic E-state index is 12.0. The van der Waals surface area contributed by atoms with Crippen LogP contribution in [0.15, 0.2) is 53.4 Å². The van der Waals surface area contributed by atoms with Crippen LogP contribution in [0.3, 0.4) is 0 Å². The van der Waals surface area contributed by atoms with Gasteiger partial charge in [-0.3, -0.25) is 0 Å². The molecule has 1 aliphatic heterocycles. The van der Waals surface area contributed by atoms with Crippen molar-refractivity contribution in [3.63, 3.8) is 0 Å². The molecular weight excluding hydrogens is 328 g/mol. The Bertz CT molecular complexity index is 847. The molecule has 2 amide bonds. The van der Waals surface area contributed by atoms with Crippen molar-refractivity contribution in [2.75, 3.05) is 12.9 Å². The molecule has 0 aliphatic carbocycles. The molecule has 0 radical (unpaired) electrons. The summed E-state index contributed by atoms with van der Waals surface area (Å²) in [5, 5.41) is 5.63. The van der Waals surface area contributed by atoms with E-state index in [9.17, 15) is 13.2 Å². The number of carbonyl (C=O) groups is 1. The fraction of sp³-hybridized carbons (Fsp3) is 0.235. The zero-order valence-electron chi connectivity index (χ0n) is 13.2. The Balaban J connectivity index is 1.55. The summed E-state index contributed by atoms with van der Waals surface area (Å²) in [4.78, 5) is 12.3. The second kappa shape index (κ2) is 6.52.